The number of hydrogen-bond acceptors (Lipinski definition) is 1. The third-order valence-corrected chi connectivity index (χ3v) is 3.92. The number of hydrogen-bond donors (Lipinski definition) is 1. The van der Waals surface area contributed by atoms with Crippen LogP contribution >= 0.6 is 0 Å². The fraction of sp³-hybridized carbons (Fsp3) is 1.00. The molecule has 1 saturated heterocycles. The van der Waals surface area contributed by atoms with Crippen molar-refractivity contribution in [2.24, 2.45) is 5.92 Å². The Morgan fingerprint density at radius 1 is 0.867 bits per heavy atom. The molecule has 0 aromatic rings. The van der Waals surface area contributed by atoms with Gasteiger partial charge in [0.2, 0.25) is 0 Å². The summed E-state index contributed by atoms with van der Waals surface area (Å²) in [6, 6.07) is -0.553. The molecule has 15 heavy (non-hydrogen) atoms. The Kier molecular flexibility index (Phi) is 3.60. The fourth-order valence-corrected chi connectivity index (χ4v) is 2.95. The molecule has 1 saturated carbocycles. The van der Waals surface area contributed by atoms with Crippen LogP contribution in [0.3, 0.4) is 0 Å². The zero-order chi connectivity index (χ0) is 10.7. The van der Waals surface area contributed by atoms with Crippen molar-refractivity contribution in [3.63, 3.8) is 0 Å². The summed E-state index contributed by atoms with van der Waals surface area (Å²) in [5.74, 6) is -2.82. The molecule has 2 fully saturated rings. The minimum atomic E-state index is -2.47. The fourth-order valence-electron chi connectivity index (χ4n) is 2.95. The van der Waals surface area contributed by atoms with Gasteiger partial charge < -0.3 is 5.32 Å². The van der Waals surface area contributed by atoms with Crippen LogP contribution in [-0.2, 0) is 0 Å². The summed E-state index contributed by atoms with van der Waals surface area (Å²) in [7, 11) is 0. The topological polar surface area (TPSA) is 12.0 Å². The van der Waals surface area contributed by atoms with E-state index in [9.17, 15) is 8.78 Å². The highest BCUT2D eigenvalue weighted by atomic mass is 19.3. The molecule has 1 aliphatic carbocycles. The maximum Gasteiger partial charge on any atom is 0.265 e. The standard InChI is InChI=1S/C12H21F2N/c13-12(14,10-6-3-4-7-10)11-8-2-1-5-9-15-11/h10-11,15H,1-9H2. The highest BCUT2D eigenvalue weighted by Gasteiger charge is 2.47. The van der Waals surface area contributed by atoms with Crippen molar-refractivity contribution in [3.8, 4) is 0 Å². The smallest absolute Gasteiger partial charge is 0.265 e. The van der Waals surface area contributed by atoms with Gasteiger partial charge in [-0.3, -0.25) is 0 Å². The average molecular weight is 217 g/mol. The Morgan fingerprint density at radius 3 is 2.27 bits per heavy atom. The van der Waals surface area contributed by atoms with Crippen molar-refractivity contribution in [2.75, 3.05) is 6.54 Å². The second-order valence-corrected chi connectivity index (χ2v) is 5.01. The summed E-state index contributed by atoms with van der Waals surface area (Å²) in [6.07, 6.45) is 7.21. The van der Waals surface area contributed by atoms with Crippen LogP contribution in [0.4, 0.5) is 8.78 Å². The van der Waals surface area contributed by atoms with Gasteiger partial charge in [0.15, 0.2) is 0 Å². The van der Waals surface area contributed by atoms with E-state index < -0.39 is 12.0 Å². The van der Waals surface area contributed by atoms with Gasteiger partial charge in [-0.2, -0.15) is 0 Å². The molecule has 3 heteroatoms. The normalized spacial score (nSPS) is 30.4. The van der Waals surface area contributed by atoms with Crippen LogP contribution in [0.1, 0.15) is 51.4 Å². The zero-order valence-electron chi connectivity index (χ0n) is 9.27. The number of rotatable bonds is 2. The van der Waals surface area contributed by atoms with Crippen LogP contribution in [0.2, 0.25) is 0 Å². The van der Waals surface area contributed by atoms with Gasteiger partial charge in [-0.15, -0.1) is 0 Å². The molecule has 0 spiro atoms. The Bertz CT molecular complexity index is 192. The van der Waals surface area contributed by atoms with Gasteiger partial charge >= 0.3 is 0 Å². The summed E-state index contributed by atoms with van der Waals surface area (Å²) in [6.45, 7) is 0.771. The lowest BCUT2D eigenvalue weighted by molar-refractivity contribution is -0.0884. The van der Waals surface area contributed by atoms with Crippen LogP contribution in [0.5, 0.6) is 0 Å². The Labute approximate surface area is 90.6 Å². The first-order chi connectivity index (χ1) is 7.21. The van der Waals surface area contributed by atoms with Crippen molar-refractivity contribution in [3.05, 3.63) is 0 Å². The van der Waals surface area contributed by atoms with Crippen molar-refractivity contribution in [1.82, 2.24) is 5.32 Å². The molecule has 0 aromatic carbocycles. The molecule has 1 nitrogen and oxygen atoms in total. The predicted octanol–water partition coefficient (Wildman–Crippen LogP) is 3.34. The molecule has 1 unspecified atom stereocenters. The molecule has 0 radical (unpaired) electrons. The minimum absolute atomic E-state index is 0.354. The molecule has 2 rings (SSSR count). The molecule has 1 N–H and O–H groups in total. The minimum Gasteiger partial charge on any atom is -0.309 e. The third-order valence-electron chi connectivity index (χ3n) is 3.92. The first-order valence-electron chi connectivity index (χ1n) is 6.32. The van der Waals surface area contributed by atoms with E-state index in [1.54, 1.807) is 0 Å². The van der Waals surface area contributed by atoms with E-state index in [2.05, 4.69) is 5.32 Å². The summed E-state index contributed by atoms with van der Waals surface area (Å²) in [5.41, 5.74) is 0. The molecular formula is C12H21F2N. The van der Waals surface area contributed by atoms with Crippen molar-refractivity contribution >= 4 is 0 Å². The van der Waals surface area contributed by atoms with Gasteiger partial charge in [0.1, 0.15) is 0 Å². The SMILES string of the molecule is FC(F)(C1CCCC1)C1CCCCCN1. The van der Waals surface area contributed by atoms with Crippen LogP contribution < -0.4 is 5.32 Å². The maximum atomic E-state index is 14.1. The van der Waals surface area contributed by atoms with Gasteiger partial charge in [-0.1, -0.05) is 25.7 Å². The average Bonchev–Trinajstić information content (AvgIpc) is 2.61. The Balaban J connectivity index is 1.98. The Morgan fingerprint density at radius 2 is 1.53 bits per heavy atom. The van der Waals surface area contributed by atoms with Crippen LogP contribution in [0.25, 0.3) is 0 Å². The lowest BCUT2D eigenvalue weighted by atomic mass is 9.91. The first-order valence-corrected chi connectivity index (χ1v) is 6.32. The molecule has 1 heterocycles. The van der Waals surface area contributed by atoms with Crippen LogP contribution in [-0.4, -0.2) is 18.5 Å². The second-order valence-electron chi connectivity index (χ2n) is 5.01. The summed E-state index contributed by atoms with van der Waals surface area (Å²) in [5, 5.41) is 3.05. The molecule has 1 aliphatic heterocycles. The third kappa shape index (κ3) is 2.49. The maximum absolute atomic E-state index is 14.1. The van der Waals surface area contributed by atoms with Gasteiger partial charge in [0.25, 0.3) is 5.92 Å². The summed E-state index contributed by atoms with van der Waals surface area (Å²) >= 11 is 0. The van der Waals surface area contributed by atoms with Crippen molar-refractivity contribution < 1.29 is 8.78 Å². The monoisotopic (exact) mass is 217 g/mol. The van der Waals surface area contributed by atoms with Gasteiger partial charge in [-0.05, 0) is 32.2 Å². The predicted molar refractivity (Wildman–Crippen MR) is 57.2 cm³/mol. The largest absolute Gasteiger partial charge is 0.309 e. The molecule has 88 valence electrons. The molecular weight excluding hydrogens is 196 g/mol. The summed E-state index contributed by atoms with van der Waals surface area (Å²) < 4.78 is 28.3. The highest BCUT2D eigenvalue weighted by molar-refractivity contribution is 4.92. The quantitative estimate of drug-likeness (QED) is 0.748. The Hall–Kier alpha value is -0.180. The van der Waals surface area contributed by atoms with E-state index in [1.165, 1.54) is 0 Å². The van der Waals surface area contributed by atoms with Gasteiger partial charge in [0, 0.05) is 5.92 Å². The van der Waals surface area contributed by atoms with Crippen LogP contribution in [0.15, 0.2) is 0 Å². The zero-order valence-corrected chi connectivity index (χ0v) is 9.27. The molecule has 0 aromatic heterocycles. The molecule has 2 aliphatic rings. The lowest BCUT2D eigenvalue weighted by Crippen LogP contribution is -2.48. The van der Waals surface area contributed by atoms with Crippen molar-refractivity contribution in [2.45, 2.75) is 63.3 Å². The van der Waals surface area contributed by atoms with E-state index in [0.717, 1.165) is 51.5 Å². The van der Waals surface area contributed by atoms with E-state index >= 15 is 0 Å². The highest BCUT2D eigenvalue weighted by Crippen LogP contribution is 2.41. The van der Waals surface area contributed by atoms with E-state index in [0.29, 0.717) is 6.42 Å². The van der Waals surface area contributed by atoms with Gasteiger partial charge in [0.05, 0.1) is 6.04 Å². The number of nitrogens with one attached hydrogen (secondary N) is 1. The number of halogens is 2. The van der Waals surface area contributed by atoms with E-state index in [1.807, 2.05) is 0 Å². The molecule has 1 atom stereocenters. The molecule has 0 amide bonds. The summed E-state index contributed by atoms with van der Waals surface area (Å²) in [4.78, 5) is 0. The van der Waals surface area contributed by atoms with Gasteiger partial charge in [-0.25, -0.2) is 8.78 Å². The lowest BCUT2D eigenvalue weighted by Gasteiger charge is -2.31. The number of alkyl halides is 2. The van der Waals surface area contributed by atoms with E-state index in [-0.39, 0.29) is 5.92 Å². The second kappa shape index (κ2) is 4.77. The van der Waals surface area contributed by atoms with Crippen LogP contribution in [0, 0.1) is 5.92 Å². The first kappa shape index (κ1) is 11.3. The van der Waals surface area contributed by atoms with Crippen molar-refractivity contribution in [1.29, 1.82) is 0 Å². The van der Waals surface area contributed by atoms with E-state index in [4.69, 9.17) is 0 Å². The molecule has 0 bridgehead atoms.